The highest BCUT2D eigenvalue weighted by atomic mass is 32.2. The van der Waals surface area contributed by atoms with E-state index in [-0.39, 0.29) is 17.5 Å². The van der Waals surface area contributed by atoms with Gasteiger partial charge >= 0.3 is 5.51 Å². The van der Waals surface area contributed by atoms with Crippen molar-refractivity contribution < 1.29 is 13.2 Å². The molecule has 0 spiro atoms. The van der Waals surface area contributed by atoms with E-state index in [0.717, 1.165) is 32.4 Å². The third-order valence-electron chi connectivity index (χ3n) is 3.12. The van der Waals surface area contributed by atoms with Crippen molar-refractivity contribution in [2.24, 2.45) is 0 Å². The number of rotatable bonds is 6. The SMILES string of the molecule is CNCCC1CCCCN1CCSC(F)(F)F. The molecule has 0 radical (unpaired) electrons. The Morgan fingerprint density at radius 3 is 2.76 bits per heavy atom. The first-order valence-corrected chi connectivity index (χ1v) is 7.11. The number of hydrogen-bond acceptors (Lipinski definition) is 3. The second-order valence-electron chi connectivity index (χ2n) is 4.37. The third kappa shape index (κ3) is 6.52. The van der Waals surface area contributed by atoms with E-state index < -0.39 is 5.51 Å². The van der Waals surface area contributed by atoms with Crippen LogP contribution in [0.3, 0.4) is 0 Å². The van der Waals surface area contributed by atoms with Crippen molar-refractivity contribution in [2.75, 3.05) is 32.4 Å². The largest absolute Gasteiger partial charge is 0.441 e. The van der Waals surface area contributed by atoms with Gasteiger partial charge in [-0.1, -0.05) is 6.42 Å². The van der Waals surface area contributed by atoms with Crippen LogP contribution in [0.25, 0.3) is 0 Å². The average molecular weight is 270 g/mol. The Hall–Kier alpha value is 0.0600. The molecule has 0 amide bonds. The fraction of sp³-hybridized carbons (Fsp3) is 1.00. The van der Waals surface area contributed by atoms with Crippen molar-refractivity contribution in [3.05, 3.63) is 0 Å². The summed E-state index contributed by atoms with van der Waals surface area (Å²) >= 11 is 0.0958. The molecule has 1 N–H and O–H groups in total. The first-order chi connectivity index (χ1) is 8.03. The Bertz CT molecular complexity index is 211. The van der Waals surface area contributed by atoms with Crippen LogP contribution in [0.2, 0.25) is 0 Å². The molecule has 1 unspecified atom stereocenters. The zero-order chi connectivity index (χ0) is 12.7. The molecule has 0 aromatic rings. The molecule has 1 atom stereocenters. The number of likely N-dealkylation sites (tertiary alicyclic amines) is 1. The molecule has 1 heterocycles. The average Bonchev–Trinajstić information content (AvgIpc) is 2.26. The maximum atomic E-state index is 12.0. The van der Waals surface area contributed by atoms with E-state index in [1.54, 1.807) is 0 Å². The number of halogens is 3. The molecule has 1 aliphatic heterocycles. The molecule has 0 bridgehead atoms. The molecule has 6 heteroatoms. The Kier molecular flexibility index (Phi) is 6.66. The lowest BCUT2D eigenvalue weighted by Crippen LogP contribution is -2.42. The van der Waals surface area contributed by atoms with Crippen LogP contribution in [-0.2, 0) is 0 Å². The molecule has 0 aromatic carbocycles. The maximum absolute atomic E-state index is 12.0. The summed E-state index contributed by atoms with van der Waals surface area (Å²) in [4.78, 5) is 2.22. The minimum atomic E-state index is -4.09. The van der Waals surface area contributed by atoms with Crippen LogP contribution < -0.4 is 5.32 Å². The van der Waals surface area contributed by atoms with Crippen molar-refractivity contribution in [1.29, 1.82) is 0 Å². The summed E-state index contributed by atoms with van der Waals surface area (Å²) in [6.45, 7) is 2.44. The van der Waals surface area contributed by atoms with Crippen LogP contribution in [0.15, 0.2) is 0 Å². The predicted octanol–water partition coefficient (Wildman–Crippen LogP) is 2.70. The molecule has 102 valence electrons. The first kappa shape index (κ1) is 15.1. The van der Waals surface area contributed by atoms with Gasteiger partial charge in [0, 0.05) is 18.3 Å². The molecular weight excluding hydrogens is 249 g/mol. The zero-order valence-electron chi connectivity index (χ0n) is 10.2. The van der Waals surface area contributed by atoms with E-state index in [1.165, 1.54) is 6.42 Å². The normalized spacial score (nSPS) is 22.9. The lowest BCUT2D eigenvalue weighted by molar-refractivity contribution is -0.0329. The van der Waals surface area contributed by atoms with E-state index in [1.807, 2.05) is 7.05 Å². The molecule has 17 heavy (non-hydrogen) atoms. The quantitative estimate of drug-likeness (QED) is 0.799. The monoisotopic (exact) mass is 270 g/mol. The first-order valence-electron chi connectivity index (χ1n) is 6.12. The van der Waals surface area contributed by atoms with Crippen molar-refractivity contribution in [1.82, 2.24) is 10.2 Å². The second kappa shape index (κ2) is 7.48. The summed E-state index contributed by atoms with van der Waals surface area (Å²) in [5, 5.41) is 3.10. The van der Waals surface area contributed by atoms with Crippen molar-refractivity contribution in [2.45, 2.75) is 37.2 Å². The van der Waals surface area contributed by atoms with Gasteiger partial charge in [0.25, 0.3) is 0 Å². The van der Waals surface area contributed by atoms with Crippen molar-refractivity contribution in [3.8, 4) is 0 Å². The summed E-state index contributed by atoms with van der Waals surface area (Å²) < 4.78 is 36.1. The van der Waals surface area contributed by atoms with Crippen LogP contribution in [-0.4, -0.2) is 48.9 Å². The van der Waals surface area contributed by atoms with Crippen LogP contribution in [0.5, 0.6) is 0 Å². The van der Waals surface area contributed by atoms with E-state index >= 15 is 0 Å². The highest BCUT2D eigenvalue weighted by Crippen LogP contribution is 2.30. The van der Waals surface area contributed by atoms with Gasteiger partial charge in [-0.2, -0.15) is 13.2 Å². The Morgan fingerprint density at radius 2 is 2.12 bits per heavy atom. The van der Waals surface area contributed by atoms with Gasteiger partial charge in [0.15, 0.2) is 0 Å². The molecule has 0 aromatic heterocycles. The predicted molar refractivity (Wildman–Crippen MR) is 66.3 cm³/mol. The smallest absolute Gasteiger partial charge is 0.320 e. The van der Waals surface area contributed by atoms with Crippen LogP contribution in [0.1, 0.15) is 25.7 Å². The minimum absolute atomic E-state index is 0.0958. The van der Waals surface area contributed by atoms with Gasteiger partial charge in [0.2, 0.25) is 0 Å². The Balaban J connectivity index is 2.27. The molecule has 1 saturated heterocycles. The summed E-state index contributed by atoms with van der Waals surface area (Å²) in [7, 11) is 1.91. The lowest BCUT2D eigenvalue weighted by atomic mass is 9.99. The maximum Gasteiger partial charge on any atom is 0.441 e. The lowest BCUT2D eigenvalue weighted by Gasteiger charge is -2.35. The summed E-state index contributed by atoms with van der Waals surface area (Å²) in [6.07, 6.45) is 4.48. The number of hydrogen-bond donors (Lipinski definition) is 1. The fourth-order valence-corrected chi connectivity index (χ4v) is 2.83. The van der Waals surface area contributed by atoms with Gasteiger partial charge in [-0.3, -0.25) is 4.90 Å². The van der Waals surface area contributed by atoms with Crippen molar-refractivity contribution in [3.63, 3.8) is 0 Å². The molecular formula is C11H21F3N2S. The number of thioether (sulfide) groups is 1. The van der Waals surface area contributed by atoms with Gasteiger partial charge in [-0.05, 0) is 51.2 Å². The van der Waals surface area contributed by atoms with Crippen LogP contribution in [0, 0.1) is 0 Å². The molecule has 2 nitrogen and oxygen atoms in total. The van der Waals surface area contributed by atoms with Crippen LogP contribution in [0.4, 0.5) is 13.2 Å². The van der Waals surface area contributed by atoms with Gasteiger partial charge in [0.05, 0.1) is 0 Å². The number of alkyl halides is 3. The van der Waals surface area contributed by atoms with Gasteiger partial charge in [-0.25, -0.2) is 0 Å². The minimum Gasteiger partial charge on any atom is -0.320 e. The highest BCUT2D eigenvalue weighted by Gasteiger charge is 2.29. The van der Waals surface area contributed by atoms with Gasteiger partial charge in [0.1, 0.15) is 0 Å². The van der Waals surface area contributed by atoms with Crippen LogP contribution >= 0.6 is 11.8 Å². The van der Waals surface area contributed by atoms with Gasteiger partial charge in [-0.15, -0.1) is 0 Å². The molecule has 1 rings (SSSR count). The third-order valence-corrected chi connectivity index (χ3v) is 3.83. The van der Waals surface area contributed by atoms with E-state index in [0.29, 0.717) is 12.6 Å². The molecule has 0 aliphatic carbocycles. The topological polar surface area (TPSA) is 15.3 Å². The summed E-state index contributed by atoms with van der Waals surface area (Å²) in [6, 6.07) is 0.463. The van der Waals surface area contributed by atoms with Crippen molar-refractivity contribution >= 4 is 11.8 Å². The Morgan fingerprint density at radius 1 is 1.35 bits per heavy atom. The molecule has 1 aliphatic rings. The zero-order valence-corrected chi connectivity index (χ0v) is 11.0. The summed E-state index contributed by atoms with van der Waals surface area (Å²) in [5.74, 6) is 0.152. The Labute approximate surface area is 105 Å². The fourth-order valence-electron chi connectivity index (χ4n) is 2.27. The number of nitrogens with zero attached hydrogens (tertiary/aromatic N) is 1. The highest BCUT2D eigenvalue weighted by molar-refractivity contribution is 8.00. The van der Waals surface area contributed by atoms with E-state index in [4.69, 9.17) is 0 Å². The number of nitrogens with one attached hydrogen (secondary N) is 1. The van der Waals surface area contributed by atoms with Gasteiger partial charge < -0.3 is 5.32 Å². The standard InChI is InChI=1S/C11H21F3N2S/c1-15-6-5-10-4-2-3-7-16(10)8-9-17-11(12,13)14/h10,15H,2-9H2,1H3. The van der Waals surface area contributed by atoms with E-state index in [2.05, 4.69) is 10.2 Å². The molecule has 0 saturated carbocycles. The number of piperidine rings is 1. The van der Waals surface area contributed by atoms with E-state index in [9.17, 15) is 13.2 Å². The second-order valence-corrected chi connectivity index (χ2v) is 5.53. The summed E-state index contributed by atoms with van der Waals surface area (Å²) in [5.41, 5.74) is -4.09. The molecule has 1 fully saturated rings.